The third-order valence-corrected chi connectivity index (χ3v) is 4.97. The summed E-state index contributed by atoms with van der Waals surface area (Å²) in [4.78, 5) is 11.1. The van der Waals surface area contributed by atoms with Crippen molar-refractivity contribution in [2.24, 2.45) is 4.99 Å². The molecule has 0 radical (unpaired) electrons. The van der Waals surface area contributed by atoms with E-state index in [0.717, 1.165) is 30.5 Å². The van der Waals surface area contributed by atoms with Gasteiger partial charge in [-0.25, -0.2) is 13.8 Å². The lowest BCUT2D eigenvalue weighted by molar-refractivity contribution is 0.304. The first-order valence-electron chi connectivity index (χ1n) is 10.4. The van der Waals surface area contributed by atoms with Gasteiger partial charge in [0.25, 0.3) is 0 Å². The van der Waals surface area contributed by atoms with Gasteiger partial charge in [0.2, 0.25) is 0 Å². The minimum Gasteiger partial charge on any atom is -0.489 e. The lowest BCUT2D eigenvalue weighted by atomic mass is 10.2. The van der Waals surface area contributed by atoms with Gasteiger partial charge in [-0.2, -0.15) is 0 Å². The summed E-state index contributed by atoms with van der Waals surface area (Å²) >= 11 is 0. The van der Waals surface area contributed by atoms with Gasteiger partial charge in [-0.15, -0.1) is 24.0 Å². The number of benzene rings is 1. The summed E-state index contributed by atoms with van der Waals surface area (Å²) < 4.78 is 31.8. The van der Waals surface area contributed by atoms with Crippen molar-refractivity contribution in [2.45, 2.75) is 32.2 Å². The lowest BCUT2D eigenvalue weighted by Crippen LogP contribution is -2.39. The molecule has 3 rings (SSSR count). The van der Waals surface area contributed by atoms with Crippen molar-refractivity contribution < 1.29 is 13.5 Å². The van der Waals surface area contributed by atoms with Gasteiger partial charge >= 0.3 is 0 Å². The van der Waals surface area contributed by atoms with Gasteiger partial charge < -0.3 is 20.3 Å². The third-order valence-electron chi connectivity index (χ3n) is 4.97. The van der Waals surface area contributed by atoms with Gasteiger partial charge in [0.1, 0.15) is 18.2 Å². The van der Waals surface area contributed by atoms with E-state index in [-0.39, 0.29) is 36.3 Å². The average molecular weight is 545 g/mol. The maximum Gasteiger partial charge on any atom is 0.191 e. The Morgan fingerprint density at radius 3 is 2.58 bits per heavy atom. The van der Waals surface area contributed by atoms with Crippen LogP contribution in [-0.4, -0.2) is 44.2 Å². The Balaban J connectivity index is 0.00000341. The van der Waals surface area contributed by atoms with Crippen LogP contribution in [0.4, 0.5) is 14.6 Å². The molecule has 0 amide bonds. The zero-order chi connectivity index (χ0) is 21.2. The number of aliphatic imine (C=N–C) groups is 1. The summed E-state index contributed by atoms with van der Waals surface area (Å²) in [5.74, 6) is 0.326. The number of halogens is 3. The standard InChI is InChI=1S/C22H29F2N5O.HI/c1-25-22(27-10-13-30-20-7-6-18(23)15-19(20)24)28-16-17-8-9-26-21(14-17)29-11-4-2-3-5-12-29;/h6-9,14-15H,2-5,10-13,16H2,1H3,(H2,25,27,28);1H. The molecular formula is C22H30F2IN5O. The second-order valence-corrected chi connectivity index (χ2v) is 7.20. The smallest absolute Gasteiger partial charge is 0.191 e. The van der Waals surface area contributed by atoms with Gasteiger partial charge in [0.15, 0.2) is 17.5 Å². The number of pyridine rings is 1. The Hall–Kier alpha value is -2.17. The minimum atomic E-state index is -0.713. The second-order valence-electron chi connectivity index (χ2n) is 7.20. The third kappa shape index (κ3) is 8.12. The van der Waals surface area contributed by atoms with Crippen LogP contribution in [0, 0.1) is 11.6 Å². The van der Waals surface area contributed by atoms with Gasteiger partial charge in [-0.3, -0.25) is 4.99 Å². The molecule has 1 aliphatic heterocycles. The molecule has 0 unspecified atom stereocenters. The first kappa shape index (κ1) is 25.1. The Labute approximate surface area is 199 Å². The van der Waals surface area contributed by atoms with Crippen LogP contribution >= 0.6 is 24.0 Å². The van der Waals surface area contributed by atoms with Gasteiger partial charge in [-0.1, -0.05) is 12.8 Å². The zero-order valence-corrected chi connectivity index (χ0v) is 20.1. The molecule has 2 N–H and O–H groups in total. The van der Waals surface area contributed by atoms with Crippen LogP contribution in [-0.2, 0) is 6.54 Å². The number of anilines is 1. The highest BCUT2D eigenvalue weighted by molar-refractivity contribution is 14.0. The van der Waals surface area contributed by atoms with Crippen LogP contribution in [0.1, 0.15) is 31.2 Å². The van der Waals surface area contributed by atoms with Crippen LogP contribution in [0.25, 0.3) is 0 Å². The molecule has 0 atom stereocenters. The highest BCUT2D eigenvalue weighted by atomic mass is 127. The summed E-state index contributed by atoms with van der Waals surface area (Å²) in [6, 6.07) is 7.36. The Morgan fingerprint density at radius 1 is 1.10 bits per heavy atom. The number of hydrogen-bond donors (Lipinski definition) is 2. The largest absolute Gasteiger partial charge is 0.489 e. The number of nitrogens with zero attached hydrogens (tertiary/aromatic N) is 3. The van der Waals surface area contributed by atoms with Crippen molar-refractivity contribution in [3.05, 3.63) is 53.7 Å². The van der Waals surface area contributed by atoms with E-state index in [4.69, 9.17) is 4.74 Å². The van der Waals surface area contributed by atoms with E-state index in [1.54, 1.807) is 7.05 Å². The highest BCUT2D eigenvalue weighted by Gasteiger charge is 2.11. The first-order valence-corrected chi connectivity index (χ1v) is 10.4. The number of guanidine groups is 1. The van der Waals surface area contributed by atoms with E-state index in [0.29, 0.717) is 19.0 Å². The van der Waals surface area contributed by atoms with Crippen LogP contribution in [0.3, 0.4) is 0 Å². The summed E-state index contributed by atoms with van der Waals surface area (Å²) in [5.41, 5.74) is 1.12. The fourth-order valence-corrected chi connectivity index (χ4v) is 3.37. The quantitative estimate of drug-likeness (QED) is 0.238. The number of nitrogens with one attached hydrogen (secondary N) is 2. The molecule has 1 fully saturated rings. The maximum absolute atomic E-state index is 13.6. The topological polar surface area (TPSA) is 61.8 Å². The predicted molar refractivity (Wildman–Crippen MR) is 130 cm³/mol. The molecule has 1 aromatic carbocycles. The Kier molecular flexibility index (Phi) is 10.8. The van der Waals surface area contributed by atoms with E-state index in [2.05, 4.69) is 31.6 Å². The second kappa shape index (κ2) is 13.3. The molecular weight excluding hydrogens is 515 g/mol. The highest BCUT2D eigenvalue weighted by Crippen LogP contribution is 2.18. The maximum atomic E-state index is 13.6. The molecule has 1 saturated heterocycles. The predicted octanol–water partition coefficient (Wildman–Crippen LogP) is 4.10. The number of hydrogen-bond acceptors (Lipinski definition) is 4. The summed E-state index contributed by atoms with van der Waals surface area (Å²) in [6.45, 7) is 3.36. The molecule has 6 nitrogen and oxygen atoms in total. The number of rotatable bonds is 7. The molecule has 0 saturated carbocycles. The van der Waals surface area contributed by atoms with Crippen LogP contribution in [0.5, 0.6) is 5.75 Å². The fraction of sp³-hybridized carbons (Fsp3) is 0.455. The van der Waals surface area contributed by atoms with Crippen molar-refractivity contribution in [1.82, 2.24) is 15.6 Å². The lowest BCUT2D eigenvalue weighted by Gasteiger charge is -2.22. The minimum absolute atomic E-state index is 0. The molecule has 2 heterocycles. The van der Waals surface area contributed by atoms with Crippen molar-refractivity contribution >= 4 is 35.8 Å². The Bertz CT molecular complexity index is 844. The molecule has 1 aromatic heterocycles. The van der Waals surface area contributed by atoms with E-state index < -0.39 is 11.6 Å². The summed E-state index contributed by atoms with van der Waals surface area (Å²) in [7, 11) is 1.69. The molecule has 2 aromatic rings. The molecule has 31 heavy (non-hydrogen) atoms. The first-order chi connectivity index (χ1) is 14.7. The zero-order valence-electron chi connectivity index (χ0n) is 17.7. The van der Waals surface area contributed by atoms with Gasteiger partial charge in [0, 0.05) is 38.9 Å². The molecule has 0 bridgehead atoms. The summed E-state index contributed by atoms with van der Waals surface area (Å²) in [6.07, 6.45) is 6.85. The van der Waals surface area contributed by atoms with Crippen molar-refractivity contribution in [3.63, 3.8) is 0 Å². The van der Waals surface area contributed by atoms with Crippen LogP contribution in [0.15, 0.2) is 41.5 Å². The van der Waals surface area contributed by atoms with E-state index in [1.807, 2.05) is 12.3 Å². The normalized spacial score (nSPS) is 14.4. The van der Waals surface area contributed by atoms with Crippen molar-refractivity contribution in [3.8, 4) is 5.75 Å². The van der Waals surface area contributed by atoms with Crippen LogP contribution < -0.4 is 20.3 Å². The van der Waals surface area contributed by atoms with Crippen molar-refractivity contribution in [2.75, 3.05) is 38.2 Å². The van der Waals surface area contributed by atoms with Crippen molar-refractivity contribution in [1.29, 1.82) is 0 Å². The Morgan fingerprint density at radius 2 is 1.87 bits per heavy atom. The molecule has 0 aliphatic carbocycles. The number of ether oxygens (including phenoxy) is 1. The summed E-state index contributed by atoms with van der Waals surface area (Å²) in [5, 5.41) is 6.38. The van der Waals surface area contributed by atoms with Gasteiger partial charge in [0.05, 0.1) is 6.54 Å². The molecule has 170 valence electrons. The van der Waals surface area contributed by atoms with Crippen LogP contribution in [0.2, 0.25) is 0 Å². The van der Waals surface area contributed by atoms with E-state index in [9.17, 15) is 8.78 Å². The van der Waals surface area contributed by atoms with Gasteiger partial charge in [-0.05, 0) is 42.7 Å². The van der Waals surface area contributed by atoms with E-state index >= 15 is 0 Å². The molecule has 9 heteroatoms. The number of aromatic nitrogens is 1. The average Bonchev–Trinajstić information content (AvgIpc) is 3.04. The monoisotopic (exact) mass is 545 g/mol. The molecule has 1 aliphatic rings. The molecule has 0 spiro atoms. The SMILES string of the molecule is CN=C(NCCOc1ccc(F)cc1F)NCc1ccnc(N2CCCCCC2)c1.I. The fourth-order valence-electron chi connectivity index (χ4n) is 3.37. The van der Waals surface area contributed by atoms with E-state index in [1.165, 1.54) is 37.8 Å².